The van der Waals surface area contributed by atoms with Gasteiger partial charge < -0.3 is 10.1 Å². The Hall–Kier alpha value is -1.81. The summed E-state index contributed by atoms with van der Waals surface area (Å²) in [5, 5.41) is 4.84. The van der Waals surface area contributed by atoms with Gasteiger partial charge >= 0.3 is 0 Å². The first-order valence-electron chi connectivity index (χ1n) is 5.82. The van der Waals surface area contributed by atoms with Crippen LogP contribution in [0.25, 0.3) is 10.8 Å². The first-order chi connectivity index (χ1) is 8.33. The molecule has 1 aromatic heterocycles. The minimum Gasteiger partial charge on any atom is -0.474 e. The number of ether oxygens (including phenoxy) is 1. The average Bonchev–Trinajstić information content (AvgIpc) is 2.82. The van der Waals surface area contributed by atoms with Crippen LogP contribution in [0, 0.1) is 0 Å². The lowest BCUT2D eigenvalue weighted by Crippen LogP contribution is -2.21. The highest BCUT2D eigenvalue weighted by Gasteiger charge is 2.16. The first kappa shape index (κ1) is 10.4. The molecule has 0 saturated carbocycles. The van der Waals surface area contributed by atoms with E-state index in [-0.39, 0.29) is 11.7 Å². The molecule has 1 unspecified atom stereocenters. The Bertz CT molecular complexity index is 585. The number of pyridine rings is 1. The molecule has 1 fully saturated rings. The van der Waals surface area contributed by atoms with E-state index >= 15 is 0 Å². The SMILES string of the molecule is O=c1[nH]c(OC2CCNC2)cc2ccccc12. The van der Waals surface area contributed by atoms with Gasteiger partial charge in [0.25, 0.3) is 5.56 Å². The highest BCUT2D eigenvalue weighted by Crippen LogP contribution is 2.16. The Balaban J connectivity index is 1.97. The fraction of sp³-hybridized carbons (Fsp3) is 0.308. The Morgan fingerprint density at radius 3 is 3.00 bits per heavy atom. The van der Waals surface area contributed by atoms with Crippen LogP contribution in [-0.4, -0.2) is 24.2 Å². The van der Waals surface area contributed by atoms with E-state index in [1.54, 1.807) is 0 Å². The van der Waals surface area contributed by atoms with Crippen molar-refractivity contribution in [2.24, 2.45) is 0 Å². The number of hydrogen-bond donors (Lipinski definition) is 2. The summed E-state index contributed by atoms with van der Waals surface area (Å²) in [4.78, 5) is 14.6. The predicted octanol–water partition coefficient (Wildman–Crippen LogP) is 1.27. The molecule has 1 aromatic carbocycles. The zero-order valence-electron chi connectivity index (χ0n) is 9.40. The van der Waals surface area contributed by atoms with Crippen molar-refractivity contribution in [1.29, 1.82) is 0 Å². The molecular formula is C13H14N2O2. The first-order valence-corrected chi connectivity index (χ1v) is 5.82. The van der Waals surface area contributed by atoms with Crippen molar-refractivity contribution in [2.45, 2.75) is 12.5 Å². The normalized spacial score (nSPS) is 19.6. The lowest BCUT2D eigenvalue weighted by atomic mass is 10.2. The smallest absolute Gasteiger partial charge is 0.258 e. The fourth-order valence-electron chi connectivity index (χ4n) is 2.16. The second kappa shape index (κ2) is 4.22. The molecule has 2 N–H and O–H groups in total. The highest BCUT2D eigenvalue weighted by molar-refractivity contribution is 5.82. The lowest BCUT2D eigenvalue weighted by Gasteiger charge is -2.12. The van der Waals surface area contributed by atoms with Crippen LogP contribution < -0.4 is 15.6 Å². The summed E-state index contributed by atoms with van der Waals surface area (Å²) >= 11 is 0. The molecule has 2 aromatic rings. The third-order valence-electron chi connectivity index (χ3n) is 3.04. The third kappa shape index (κ3) is 2.03. The second-order valence-electron chi connectivity index (χ2n) is 4.28. The summed E-state index contributed by atoms with van der Waals surface area (Å²) < 4.78 is 5.75. The van der Waals surface area contributed by atoms with Gasteiger partial charge in [-0.3, -0.25) is 9.78 Å². The van der Waals surface area contributed by atoms with Crippen LogP contribution >= 0.6 is 0 Å². The molecule has 17 heavy (non-hydrogen) atoms. The number of benzene rings is 1. The monoisotopic (exact) mass is 230 g/mol. The zero-order valence-corrected chi connectivity index (χ0v) is 9.40. The minimum atomic E-state index is -0.0935. The summed E-state index contributed by atoms with van der Waals surface area (Å²) in [5.74, 6) is 0.558. The number of aromatic nitrogens is 1. The summed E-state index contributed by atoms with van der Waals surface area (Å²) in [6.07, 6.45) is 1.14. The van der Waals surface area contributed by atoms with Crippen LogP contribution in [0.2, 0.25) is 0 Å². The van der Waals surface area contributed by atoms with Crippen LogP contribution in [0.5, 0.6) is 5.88 Å². The molecule has 1 saturated heterocycles. The molecule has 1 aliphatic rings. The molecule has 3 rings (SSSR count). The van der Waals surface area contributed by atoms with Crippen LogP contribution in [0.3, 0.4) is 0 Å². The molecule has 0 amide bonds. The van der Waals surface area contributed by atoms with Gasteiger partial charge in [-0.25, -0.2) is 0 Å². The lowest BCUT2D eigenvalue weighted by molar-refractivity contribution is 0.214. The van der Waals surface area contributed by atoms with Crippen molar-refractivity contribution < 1.29 is 4.74 Å². The molecule has 1 aliphatic heterocycles. The Morgan fingerprint density at radius 1 is 1.29 bits per heavy atom. The van der Waals surface area contributed by atoms with E-state index in [4.69, 9.17) is 4.74 Å². The van der Waals surface area contributed by atoms with Crippen molar-refractivity contribution in [1.82, 2.24) is 10.3 Å². The second-order valence-corrected chi connectivity index (χ2v) is 4.28. The Morgan fingerprint density at radius 2 is 2.18 bits per heavy atom. The number of hydrogen-bond acceptors (Lipinski definition) is 3. The quantitative estimate of drug-likeness (QED) is 0.817. The van der Waals surface area contributed by atoms with E-state index in [1.807, 2.05) is 30.3 Å². The molecule has 4 nitrogen and oxygen atoms in total. The summed E-state index contributed by atoms with van der Waals surface area (Å²) in [5.41, 5.74) is -0.0935. The van der Waals surface area contributed by atoms with Crippen molar-refractivity contribution in [3.8, 4) is 5.88 Å². The maximum absolute atomic E-state index is 11.8. The Kier molecular flexibility index (Phi) is 2.57. The number of fused-ring (bicyclic) bond motifs is 1. The number of nitrogens with one attached hydrogen (secondary N) is 2. The molecule has 0 radical (unpaired) electrons. The van der Waals surface area contributed by atoms with Crippen LogP contribution in [0.15, 0.2) is 35.1 Å². The van der Waals surface area contributed by atoms with E-state index in [0.29, 0.717) is 11.3 Å². The number of H-pyrrole nitrogens is 1. The summed E-state index contributed by atoms with van der Waals surface area (Å²) in [6.45, 7) is 1.82. The van der Waals surface area contributed by atoms with Gasteiger partial charge in [-0.05, 0) is 24.4 Å². The van der Waals surface area contributed by atoms with Gasteiger partial charge in [0.1, 0.15) is 6.10 Å². The number of aromatic amines is 1. The van der Waals surface area contributed by atoms with E-state index < -0.39 is 0 Å². The molecule has 0 bridgehead atoms. The van der Waals surface area contributed by atoms with Crippen LogP contribution in [0.1, 0.15) is 6.42 Å². The van der Waals surface area contributed by atoms with Crippen LogP contribution in [-0.2, 0) is 0 Å². The summed E-state index contributed by atoms with van der Waals surface area (Å²) in [6, 6.07) is 9.40. The molecular weight excluding hydrogens is 216 g/mol. The molecule has 2 heterocycles. The van der Waals surface area contributed by atoms with Crippen molar-refractivity contribution >= 4 is 10.8 Å². The largest absolute Gasteiger partial charge is 0.474 e. The fourth-order valence-corrected chi connectivity index (χ4v) is 2.16. The van der Waals surface area contributed by atoms with E-state index in [9.17, 15) is 4.79 Å². The standard InChI is InChI=1S/C13H14N2O2/c16-13-11-4-2-1-3-9(11)7-12(15-13)17-10-5-6-14-8-10/h1-4,7,10,14H,5-6,8H2,(H,15,16). The average molecular weight is 230 g/mol. The van der Waals surface area contributed by atoms with Gasteiger partial charge in [0, 0.05) is 18.0 Å². The van der Waals surface area contributed by atoms with E-state index in [0.717, 1.165) is 24.9 Å². The predicted molar refractivity (Wildman–Crippen MR) is 66.5 cm³/mol. The third-order valence-corrected chi connectivity index (χ3v) is 3.04. The minimum absolute atomic E-state index is 0.0935. The maximum Gasteiger partial charge on any atom is 0.258 e. The van der Waals surface area contributed by atoms with E-state index in [1.165, 1.54) is 0 Å². The van der Waals surface area contributed by atoms with Crippen molar-refractivity contribution in [3.05, 3.63) is 40.7 Å². The van der Waals surface area contributed by atoms with Gasteiger partial charge in [-0.1, -0.05) is 18.2 Å². The van der Waals surface area contributed by atoms with Crippen LogP contribution in [0.4, 0.5) is 0 Å². The molecule has 88 valence electrons. The molecule has 0 spiro atoms. The van der Waals surface area contributed by atoms with Gasteiger partial charge in [0.05, 0.1) is 0 Å². The molecule has 4 heteroatoms. The van der Waals surface area contributed by atoms with Gasteiger partial charge in [0.15, 0.2) is 5.88 Å². The maximum atomic E-state index is 11.8. The van der Waals surface area contributed by atoms with E-state index in [2.05, 4.69) is 10.3 Å². The van der Waals surface area contributed by atoms with Gasteiger partial charge in [-0.2, -0.15) is 0 Å². The zero-order chi connectivity index (χ0) is 11.7. The van der Waals surface area contributed by atoms with Gasteiger partial charge in [-0.15, -0.1) is 0 Å². The Labute approximate surface area is 98.6 Å². The van der Waals surface area contributed by atoms with Gasteiger partial charge in [0.2, 0.25) is 0 Å². The van der Waals surface area contributed by atoms with Crippen molar-refractivity contribution in [2.75, 3.05) is 13.1 Å². The molecule has 1 atom stereocenters. The topological polar surface area (TPSA) is 54.1 Å². The molecule has 0 aliphatic carbocycles. The number of rotatable bonds is 2. The van der Waals surface area contributed by atoms with Crippen molar-refractivity contribution in [3.63, 3.8) is 0 Å². The summed E-state index contributed by atoms with van der Waals surface area (Å²) in [7, 11) is 0. The highest BCUT2D eigenvalue weighted by atomic mass is 16.5.